The second-order valence-electron chi connectivity index (χ2n) is 20.4. The minimum absolute atomic E-state index is 0.249. The molecule has 9 unspecified atom stereocenters. The summed E-state index contributed by atoms with van der Waals surface area (Å²) in [6.45, 7) is 3.42. The molecule has 0 aromatic rings. The van der Waals surface area contributed by atoms with E-state index in [4.69, 9.17) is 9.47 Å². The molecule has 1 amide bonds. The smallest absolute Gasteiger partial charge is 0.249 e. The molecule has 68 heavy (non-hydrogen) atoms. The van der Waals surface area contributed by atoms with Crippen LogP contribution in [0.15, 0.2) is 24.3 Å². The van der Waals surface area contributed by atoms with Gasteiger partial charge in [-0.25, -0.2) is 0 Å². The molecule has 0 aliphatic carbocycles. The van der Waals surface area contributed by atoms with Crippen LogP contribution in [0.4, 0.5) is 0 Å². The first-order valence-electron chi connectivity index (χ1n) is 28.7. The van der Waals surface area contributed by atoms with E-state index in [-0.39, 0.29) is 12.8 Å². The van der Waals surface area contributed by atoms with Gasteiger partial charge in [0.15, 0.2) is 6.29 Å². The van der Waals surface area contributed by atoms with Crippen molar-refractivity contribution in [3.63, 3.8) is 0 Å². The van der Waals surface area contributed by atoms with Gasteiger partial charge in [-0.3, -0.25) is 4.79 Å². The average molecular weight is 968 g/mol. The van der Waals surface area contributed by atoms with Crippen LogP contribution in [0.5, 0.6) is 0 Å². The Labute approximate surface area is 416 Å². The van der Waals surface area contributed by atoms with E-state index in [0.29, 0.717) is 19.3 Å². The highest BCUT2D eigenvalue weighted by atomic mass is 16.7. The van der Waals surface area contributed by atoms with Crippen LogP contribution in [0.25, 0.3) is 0 Å². The number of carbonyl (C=O) groups is 1. The monoisotopic (exact) mass is 968 g/mol. The molecule has 9 atom stereocenters. The fraction of sp³-hybridized carbons (Fsp3) is 0.912. The van der Waals surface area contributed by atoms with E-state index in [1.165, 1.54) is 180 Å². The van der Waals surface area contributed by atoms with Crippen LogP contribution in [0, 0.1) is 0 Å². The highest BCUT2D eigenvalue weighted by molar-refractivity contribution is 5.80. The first-order chi connectivity index (χ1) is 33.2. The van der Waals surface area contributed by atoms with Gasteiger partial charge in [0.05, 0.1) is 25.4 Å². The number of hydrogen-bond donors (Lipinski definition) is 8. The molecule has 1 saturated heterocycles. The highest BCUT2D eigenvalue weighted by Crippen LogP contribution is 2.23. The molecule has 1 heterocycles. The van der Waals surface area contributed by atoms with Gasteiger partial charge in [0.2, 0.25) is 5.91 Å². The maximum atomic E-state index is 13.1. The zero-order valence-electron chi connectivity index (χ0n) is 43.9. The summed E-state index contributed by atoms with van der Waals surface area (Å²) in [7, 11) is 0. The zero-order valence-corrected chi connectivity index (χ0v) is 43.9. The van der Waals surface area contributed by atoms with Crippen LogP contribution in [0.2, 0.25) is 0 Å². The maximum Gasteiger partial charge on any atom is 0.249 e. The summed E-state index contributed by atoms with van der Waals surface area (Å²) in [6, 6.07) is -1.19. The van der Waals surface area contributed by atoms with E-state index < -0.39 is 74.2 Å². The van der Waals surface area contributed by atoms with Crippen molar-refractivity contribution >= 4 is 5.91 Å². The van der Waals surface area contributed by atoms with Crippen molar-refractivity contribution in [3.05, 3.63) is 24.3 Å². The van der Waals surface area contributed by atoms with Crippen molar-refractivity contribution in [2.24, 2.45) is 0 Å². The summed E-state index contributed by atoms with van der Waals surface area (Å²) in [4.78, 5) is 13.1. The number of rotatable bonds is 49. The predicted octanol–water partition coefficient (Wildman–Crippen LogP) is 11.7. The number of aliphatic hydroxyl groups excluding tert-OH is 7. The Balaban J connectivity index is 2.23. The lowest BCUT2D eigenvalue weighted by Gasteiger charge is -2.40. The molecular weight excluding hydrogens is 859 g/mol. The minimum atomic E-state index is -1.67. The molecule has 1 aliphatic heterocycles. The summed E-state index contributed by atoms with van der Waals surface area (Å²) in [5.41, 5.74) is 0. The SMILES string of the molecule is CCCCCCCCCCCCCCCCCCCCCCCC/C=C/CC/C=C/CCCC(O)C(O)C(COC1OC(CO)C(O)C(O)C1O)NC(=O)C(O)CCCCCCCCCCCC. The van der Waals surface area contributed by atoms with Gasteiger partial charge in [0, 0.05) is 0 Å². The number of ether oxygens (including phenoxy) is 2. The molecule has 11 nitrogen and oxygen atoms in total. The second kappa shape index (κ2) is 46.6. The number of aliphatic hydroxyl groups is 7. The summed E-state index contributed by atoms with van der Waals surface area (Å²) in [6.07, 6.45) is 44.2. The highest BCUT2D eigenvalue weighted by Gasteiger charge is 2.44. The fourth-order valence-electron chi connectivity index (χ4n) is 9.28. The summed E-state index contributed by atoms with van der Waals surface area (Å²) in [5, 5.41) is 75.8. The van der Waals surface area contributed by atoms with Crippen molar-refractivity contribution in [1.29, 1.82) is 0 Å². The van der Waals surface area contributed by atoms with E-state index in [1.54, 1.807) is 0 Å². The quantitative estimate of drug-likeness (QED) is 0.0215. The third-order valence-electron chi connectivity index (χ3n) is 14.0. The Kier molecular flexibility index (Phi) is 44.3. The lowest BCUT2D eigenvalue weighted by atomic mass is 9.98. The lowest BCUT2D eigenvalue weighted by Crippen LogP contribution is -2.60. The Morgan fingerprint density at radius 1 is 0.500 bits per heavy atom. The van der Waals surface area contributed by atoms with Crippen molar-refractivity contribution in [3.8, 4) is 0 Å². The maximum absolute atomic E-state index is 13.1. The predicted molar refractivity (Wildman–Crippen MR) is 279 cm³/mol. The summed E-state index contributed by atoms with van der Waals surface area (Å²) in [5.74, 6) is -0.711. The Morgan fingerprint density at radius 2 is 0.882 bits per heavy atom. The van der Waals surface area contributed by atoms with Gasteiger partial charge in [0.25, 0.3) is 0 Å². The topological polar surface area (TPSA) is 189 Å². The fourth-order valence-corrected chi connectivity index (χ4v) is 9.28. The van der Waals surface area contributed by atoms with Crippen molar-refractivity contribution in [2.45, 2.75) is 319 Å². The van der Waals surface area contributed by atoms with E-state index >= 15 is 0 Å². The van der Waals surface area contributed by atoms with Crippen LogP contribution in [0.1, 0.15) is 264 Å². The molecule has 0 saturated carbocycles. The number of allylic oxidation sites excluding steroid dienone is 4. The van der Waals surface area contributed by atoms with Gasteiger partial charge >= 0.3 is 0 Å². The molecule has 11 heteroatoms. The van der Waals surface area contributed by atoms with Crippen molar-refractivity contribution in [2.75, 3.05) is 13.2 Å². The van der Waals surface area contributed by atoms with Crippen LogP contribution in [-0.2, 0) is 14.3 Å². The Morgan fingerprint density at radius 3 is 1.31 bits per heavy atom. The number of amides is 1. The van der Waals surface area contributed by atoms with E-state index in [0.717, 1.165) is 38.5 Å². The Bertz CT molecular complexity index is 1160. The van der Waals surface area contributed by atoms with Gasteiger partial charge < -0.3 is 50.5 Å². The van der Waals surface area contributed by atoms with E-state index in [1.807, 2.05) is 0 Å². The lowest BCUT2D eigenvalue weighted by molar-refractivity contribution is -0.303. The van der Waals surface area contributed by atoms with Gasteiger partial charge in [0.1, 0.15) is 36.6 Å². The molecule has 8 N–H and O–H groups in total. The third-order valence-corrected chi connectivity index (χ3v) is 14.0. The Hall–Kier alpha value is -1.41. The summed E-state index contributed by atoms with van der Waals surface area (Å²) >= 11 is 0. The molecule has 0 spiro atoms. The van der Waals surface area contributed by atoms with Gasteiger partial charge in [-0.2, -0.15) is 0 Å². The largest absolute Gasteiger partial charge is 0.394 e. The first kappa shape index (κ1) is 64.6. The zero-order chi connectivity index (χ0) is 49.7. The molecule has 0 radical (unpaired) electrons. The number of hydrogen-bond acceptors (Lipinski definition) is 10. The van der Waals surface area contributed by atoms with Gasteiger partial charge in [-0.15, -0.1) is 0 Å². The molecule has 0 aromatic heterocycles. The van der Waals surface area contributed by atoms with E-state index in [9.17, 15) is 40.5 Å². The third kappa shape index (κ3) is 34.8. The molecular formula is C57H109NO10. The van der Waals surface area contributed by atoms with E-state index in [2.05, 4.69) is 43.5 Å². The van der Waals surface area contributed by atoms with Crippen LogP contribution in [-0.4, -0.2) is 110 Å². The van der Waals surface area contributed by atoms with Gasteiger partial charge in [-0.1, -0.05) is 237 Å². The molecule has 402 valence electrons. The van der Waals surface area contributed by atoms with Crippen LogP contribution >= 0.6 is 0 Å². The van der Waals surface area contributed by atoms with Crippen molar-refractivity contribution in [1.82, 2.24) is 5.32 Å². The molecule has 1 rings (SSSR count). The molecule has 0 bridgehead atoms. The van der Waals surface area contributed by atoms with Crippen LogP contribution in [0.3, 0.4) is 0 Å². The van der Waals surface area contributed by atoms with Gasteiger partial charge in [-0.05, 0) is 51.4 Å². The van der Waals surface area contributed by atoms with Crippen LogP contribution < -0.4 is 5.32 Å². The summed E-state index contributed by atoms with van der Waals surface area (Å²) < 4.78 is 11.1. The number of unbranched alkanes of at least 4 members (excludes halogenated alkanes) is 33. The number of carbonyl (C=O) groups excluding carboxylic acids is 1. The van der Waals surface area contributed by atoms with Crippen molar-refractivity contribution < 1.29 is 50.0 Å². The average Bonchev–Trinajstić information content (AvgIpc) is 3.34. The number of nitrogens with one attached hydrogen (secondary N) is 1. The first-order valence-corrected chi connectivity index (χ1v) is 28.7. The molecule has 1 fully saturated rings. The molecule has 1 aliphatic rings. The standard InChI is InChI=1S/C57H109NO10/c1-3-5-7-9-11-13-15-16-17-18-19-20-21-22-23-24-25-26-27-28-29-30-31-32-33-34-35-37-38-40-42-44-49(60)52(62)48(47-67-57-55(65)54(64)53(63)51(46-59)68-57)58-56(66)50(61)45-43-41-39-36-14-12-10-8-6-4-2/h32-33,37-38,48-55,57,59-65H,3-31,34-36,39-47H2,1-2H3,(H,58,66)/b33-32+,38-37+. The minimum Gasteiger partial charge on any atom is -0.394 e. The molecule has 0 aromatic carbocycles. The second-order valence-corrected chi connectivity index (χ2v) is 20.4. The normalized spacial score (nSPS) is 20.6.